The fourth-order valence-corrected chi connectivity index (χ4v) is 7.95. The summed E-state index contributed by atoms with van der Waals surface area (Å²) in [6, 6.07) is -0.0637. The minimum Gasteiger partial charge on any atom is -0.378 e. The van der Waals surface area contributed by atoms with Crippen LogP contribution in [0.25, 0.3) is 0 Å². The Morgan fingerprint density at radius 2 is 1.10 bits per heavy atom. The SMILES string of the molecule is Cc1cc(F)c(N2C(=O)CN(C(=O)N3CCOCC3)C2=O)cc1S(=O)CC(F)(F)F.Cc1cc(F)c(N2C(=O)CN(C(=O)N3CCOCC3)C2=O)cc1SCC(F)(F)F. The van der Waals surface area contributed by atoms with Gasteiger partial charge in [-0.25, -0.2) is 47.6 Å². The molecule has 322 valence electrons. The van der Waals surface area contributed by atoms with Crippen molar-refractivity contribution in [2.45, 2.75) is 36.0 Å². The number of nitrogens with zero attached hydrogens (tertiary/aromatic N) is 6. The standard InChI is InChI=1S/C17H17F4N3O5S.C17H17F4N3O4S/c1-10-6-11(18)12(7-13(10)30(28)9-17(19,20)21)24-14(25)8-23(16(24)27)15(26)22-2-4-29-5-3-22;1-10-6-11(18)12(7-13(10)29-9-17(19,20)21)24-14(25)8-23(16(24)27)15(26)22-2-4-28-5-3-22/h6-7H,2-5,8-9H2,1H3;6-7H,2-5,8-9H2,1H3. The maximum atomic E-state index is 14.5. The number of hydrogen-bond donors (Lipinski definition) is 0. The van der Waals surface area contributed by atoms with Gasteiger partial charge < -0.3 is 19.3 Å². The van der Waals surface area contributed by atoms with Gasteiger partial charge in [0.2, 0.25) is 0 Å². The van der Waals surface area contributed by atoms with Crippen molar-refractivity contribution < 1.29 is 77.6 Å². The highest BCUT2D eigenvalue weighted by atomic mass is 32.2. The second kappa shape index (κ2) is 18.2. The van der Waals surface area contributed by atoms with E-state index in [1.165, 1.54) is 23.6 Å². The molecule has 0 spiro atoms. The highest BCUT2D eigenvalue weighted by molar-refractivity contribution is 7.99. The van der Waals surface area contributed by atoms with Crippen molar-refractivity contribution in [3.8, 4) is 0 Å². The predicted octanol–water partition coefficient (Wildman–Crippen LogP) is 5.03. The Bertz CT molecular complexity index is 2040. The Morgan fingerprint density at radius 3 is 1.53 bits per heavy atom. The average molecular weight is 887 g/mol. The zero-order valence-electron chi connectivity index (χ0n) is 31.0. The summed E-state index contributed by atoms with van der Waals surface area (Å²) in [4.78, 5) is 79.7. The molecule has 59 heavy (non-hydrogen) atoms. The molecule has 2 aromatic rings. The van der Waals surface area contributed by atoms with E-state index in [1.54, 1.807) is 0 Å². The third kappa shape index (κ3) is 10.7. The van der Waals surface area contributed by atoms with Gasteiger partial charge in [-0.3, -0.25) is 13.8 Å². The summed E-state index contributed by atoms with van der Waals surface area (Å²) < 4.78 is 127. The molecular formula is C34H34F8N6O9S2. The van der Waals surface area contributed by atoms with Crippen LogP contribution in [0.1, 0.15) is 11.1 Å². The number of benzene rings is 2. The van der Waals surface area contributed by atoms with Crippen LogP contribution in [0.3, 0.4) is 0 Å². The van der Waals surface area contributed by atoms with E-state index in [0.717, 1.165) is 24.3 Å². The quantitative estimate of drug-likeness (QED) is 0.219. The summed E-state index contributed by atoms with van der Waals surface area (Å²) in [7, 11) is -2.57. The van der Waals surface area contributed by atoms with E-state index in [-0.39, 0.29) is 73.5 Å². The summed E-state index contributed by atoms with van der Waals surface area (Å²) in [6.07, 6.45) is -9.17. The van der Waals surface area contributed by atoms with Gasteiger partial charge >= 0.3 is 36.5 Å². The molecule has 2 aromatic carbocycles. The molecular weight excluding hydrogens is 853 g/mol. The Kier molecular flexibility index (Phi) is 13.9. The molecule has 4 saturated heterocycles. The zero-order chi connectivity index (χ0) is 43.6. The van der Waals surface area contributed by atoms with Crippen molar-refractivity contribution in [1.82, 2.24) is 19.6 Å². The van der Waals surface area contributed by atoms with Gasteiger partial charge in [0.05, 0.1) is 54.4 Å². The van der Waals surface area contributed by atoms with E-state index in [0.29, 0.717) is 31.4 Å². The first kappa shape index (κ1) is 45.2. The van der Waals surface area contributed by atoms with Gasteiger partial charge in [0.25, 0.3) is 11.8 Å². The number of carbonyl (C=O) groups is 6. The van der Waals surface area contributed by atoms with E-state index in [9.17, 15) is 68.1 Å². The number of aryl methyl sites for hydroxylation is 2. The highest BCUT2D eigenvalue weighted by Crippen LogP contribution is 2.36. The minimum atomic E-state index is -4.73. The van der Waals surface area contributed by atoms with Gasteiger partial charge in [-0.2, -0.15) is 26.3 Å². The van der Waals surface area contributed by atoms with Crippen LogP contribution < -0.4 is 9.80 Å². The predicted molar refractivity (Wildman–Crippen MR) is 191 cm³/mol. The van der Waals surface area contributed by atoms with Crippen LogP contribution >= 0.6 is 11.8 Å². The van der Waals surface area contributed by atoms with E-state index < -0.39 is 107 Å². The second-order valence-electron chi connectivity index (χ2n) is 13.1. The maximum Gasteiger partial charge on any atom is 0.400 e. The third-order valence-corrected chi connectivity index (χ3v) is 11.6. The van der Waals surface area contributed by atoms with Gasteiger partial charge in [-0.1, -0.05) is 0 Å². The fraction of sp³-hybridized carbons (Fsp3) is 0.471. The number of thioether (sulfide) groups is 1. The molecule has 15 nitrogen and oxygen atoms in total. The van der Waals surface area contributed by atoms with Crippen molar-refractivity contribution in [2.24, 2.45) is 0 Å². The number of amides is 10. The number of rotatable bonds is 6. The van der Waals surface area contributed by atoms with E-state index in [1.807, 2.05) is 0 Å². The molecule has 0 saturated carbocycles. The zero-order valence-corrected chi connectivity index (χ0v) is 32.6. The largest absolute Gasteiger partial charge is 0.400 e. The number of ether oxygens (including phenoxy) is 2. The normalized spacial score (nSPS) is 18.5. The number of morpholine rings is 2. The summed E-state index contributed by atoms with van der Waals surface area (Å²) in [5.41, 5.74) is -0.925. The van der Waals surface area contributed by atoms with Crippen molar-refractivity contribution in [3.05, 3.63) is 47.0 Å². The van der Waals surface area contributed by atoms with E-state index in [4.69, 9.17) is 9.47 Å². The monoisotopic (exact) mass is 886 g/mol. The summed E-state index contributed by atoms with van der Waals surface area (Å²) in [6.45, 7) is 3.45. The van der Waals surface area contributed by atoms with E-state index >= 15 is 0 Å². The Labute approximate surface area is 336 Å². The van der Waals surface area contributed by atoms with Crippen LogP contribution in [0, 0.1) is 25.5 Å². The number of halogens is 8. The first-order valence-electron chi connectivity index (χ1n) is 17.3. The number of urea groups is 4. The fourth-order valence-electron chi connectivity index (χ4n) is 6.04. The van der Waals surface area contributed by atoms with E-state index in [2.05, 4.69) is 0 Å². The van der Waals surface area contributed by atoms with Gasteiger partial charge in [0, 0.05) is 36.0 Å². The molecule has 0 N–H and O–H groups in total. The van der Waals surface area contributed by atoms with Gasteiger partial charge in [0.15, 0.2) is 0 Å². The molecule has 4 aliphatic heterocycles. The lowest BCUT2D eigenvalue weighted by Crippen LogP contribution is -2.49. The Balaban J connectivity index is 0.000000224. The van der Waals surface area contributed by atoms with Crippen LogP contribution in [0.5, 0.6) is 0 Å². The van der Waals surface area contributed by atoms with Gasteiger partial charge in [0.1, 0.15) is 30.5 Å². The van der Waals surface area contributed by atoms with Crippen molar-refractivity contribution in [1.29, 1.82) is 0 Å². The summed E-state index contributed by atoms with van der Waals surface area (Å²) in [5, 5.41) is 0. The van der Waals surface area contributed by atoms with Crippen molar-refractivity contribution in [2.75, 3.05) is 87.0 Å². The summed E-state index contributed by atoms with van der Waals surface area (Å²) >= 11 is 0.424. The van der Waals surface area contributed by atoms with Crippen LogP contribution in [-0.2, 0) is 29.9 Å². The molecule has 10 amide bonds. The molecule has 6 rings (SSSR count). The summed E-state index contributed by atoms with van der Waals surface area (Å²) in [5.74, 6) is -6.66. The number of hydrogen-bond acceptors (Lipinski definition) is 10. The van der Waals surface area contributed by atoms with Crippen LogP contribution in [-0.4, -0.2) is 149 Å². The van der Waals surface area contributed by atoms with Crippen LogP contribution in [0.15, 0.2) is 34.1 Å². The topological polar surface area (TPSA) is 157 Å². The maximum absolute atomic E-state index is 14.5. The lowest BCUT2D eigenvalue weighted by molar-refractivity contribution is -0.117. The highest BCUT2D eigenvalue weighted by Gasteiger charge is 2.45. The molecule has 4 aliphatic rings. The van der Waals surface area contributed by atoms with Gasteiger partial charge in [-0.05, 0) is 49.2 Å². The van der Waals surface area contributed by atoms with Gasteiger partial charge in [-0.15, -0.1) is 11.8 Å². The number of imide groups is 4. The molecule has 1 atom stereocenters. The third-order valence-electron chi connectivity index (χ3n) is 8.86. The Morgan fingerprint density at radius 1 is 0.678 bits per heavy atom. The number of carbonyl (C=O) groups excluding carboxylic acids is 6. The molecule has 4 fully saturated rings. The molecule has 25 heteroatoms. The first-order valence-corrected chi connectivity index (χ1v) is 19.7. The minimum absolute atomic E-state index is 0.0285. The van der Waals surface area contributed by atoms with Crippen LogP contribution in [0.4, 0.5) is 65.7 Å². The van der Waals surface area contributed by atoms with Crippen molar-refractivity contribution in [3.63, 3.8) is 0 Å². The second-order valence-corrected chi connectivity index (χ2v) is 15.5. The number of alkyl halides is 6. The molecule has 0 aliphatic carbocycles. The number of anilines is 2. The average Bonchev–Trinajstić information content (AvgIpc) is 3.62. The first-order chi connectivity index (χ1) is 27.6. The van der Waals surface area contributed by atoms with Crippen molar-refractivity contribution >= 4 is 69.9 Å². The Hall–Kier alpha value is -4.88. The molecule has 4 heterocycles. The molecule has 1 unspecified atom stereocenters. The lowest BCUT2D eigenvalue weighted by atomic mass is 10.2. The molecule has 0 radical (unpaired) electrons. The molecule has 0 aromatic heterocycles. The smallest absolute Gasteiger partial charge is 0.378 e. The molecule has 0 bridgehead atoms. The lowest BCUT2D eigenvalue weighted by Gasteiger charge is -2.29. The van der Waals surface area contributed by atoms with Crippen LogP contribution in [0.2, 0.25) is 0 Å².